The fraction of sp³-hybridized carbons (Fsp3) is 0.174. The molecule has 0 aliphatic rings. The highest BCUT2D eigenvalue weighted by Crippen LogP contribution is 2.48. The summed E-state index contributed by atoms with van der Waals surface area (Å²) in [5.41, 5.74) is 7.96. The Hall–Kier alpha value is -4.94. The van der Waals surface area contributed by atoms with Gasteiger partial charge in [-0.2, -0.15) is 0 Å². The van der Waals surface area contributed by atoms with Crippen molar-refractivity contribution in [1.29, 1.82) is 0 Å². The first kappa shape index (κ1) is 28.5. The van der Waals surface area contributed by atoms with Crippen molar-refractivity contribution in [2.75, 3.05) is 0 Å². The normalized spacial score (nSPS) is 12.6. The van der Waals surface area contributed by atoms with Gasteiger partial charge in [0.25, 0.3) is 0 Å². The lowest BCUT2D eigenvalue weighted by Crippen LogP contribution is -2.11. The summed E-state index contributed by atoms with van der Waals surface area (Å²) in [6, 6.07) is 50.3. The maximum atomic E-state index is 2.48. The summed E-state index contributed by atoms with van der Waals surface area (Å²) < 4.78 is 0. The predicted molar refractivity (Wildman–Crippen MR) is 202 cm³/mol. The summed E-state index contributed by atoms with van der Waals surface area (Å²) in [5.74, 6) is 0. The molecule has 0 saturated carbocycles. The molecule has 8 aromatic carbocycles. The van der Waals surface area contributed by atoms with E-state index in [4.69, 9.17) is 0 Å². The molecule has 0 unspecified atom stereocenters. The van der Waals surface area contributed by atoms with Crippen LogP contribution in [0.5, 0.6) is 0 Å². The summed E-state index contributed by atoms with van der Waals surface area (Å²) in [6.07, 6.45) is 0. The fourth-order valence-corrected chi connectivity index (χ4v) is 7.44. The quantitative estimate of drug-likeness (QED) is 0.138. The van der Waals surface area contributed by atoms with Crippen LogP contribution in [0.2, 0.25) is 0 Å². The van der Waals surface area contributed by atoms with E-state index in [1.165, 1.54) is 87.2 Å². The van der Waals surface area contributed by atoms with Crippen LogP contribution < -0.4 is 0 Å². The van der Waals surface area contributed by atoms with E-state index in [0.29, 0.717) is 0 Å². The van der Waals surface area contributed by atoms with Crippen molar-refractivity contribution in [2.24, 2.45) is 0 Å². The molecular weight excluding hydrogens is 553 g/mol. The molecule has 0 heterocycles. The highest BCUT2D eigenvalue weighted by molar-refractivity contribution is 6.26. The Morgan fingerprint density at radius 1 is 0.304 bits per heavy atom. The molecule has 0 bridgehead atoms. The second-order valence-corrected chi connectivity index (χ2v) is 15.0. The van der Waals surface area contributed by atoms with E-state index in [1.54, 1.807) is 0 Å². The van der Waals surface area contributed by atoms with Crippen LogP contribution in [-0.4, -0.2) is 0 Å². The van der Waals surface area contributed by atoms with Gasteiger partial charge in [0, 0.05) is 0 Å². The third-order valence-electron chi connectivity index (χ3n) is 9.96. The van der Waals surface area contributed by atoms with Gasteiger partial charge in [0.05, 0.1) is 0 Å². The first-order chi connectivity index (χ1) is 22.1. The standard InChI is InChI=1S/C46H40/c1-45(2,3)31-23-26-40-41(27-31)43(37-19-11-15-29-13-7-10-17-34(29)37)39-25-22-32(46(4,5)6)28-42(39)44(40)38-20-12-18-35-33-16-9-8-14-30(33)21-24-36(35)38/h7-28H,1-6H3. The number of hydrogen-bond acceptors (Lipinski definition) is 0. The molecule has 0 nitrogen and oxygen atoms in total. The molecule has 0 heteroatoms. The Morgan fingerprint density at radius 3 is 1.33 bits per heavy atom. The minimum absolute atomic E-state index is 0.0189. The largest absolute Gasteiger partial charge is 0.0616 e. The molecule has 0 saturated heterocycles. The van der Waals surface area contributed by atoms with Gasteiger partial charge >= 0.3 is 0 Å². The van der Waals surface area contributed by atoms with Gasteiger partial charge in [-0.15, -0.1) is 0 Å². The lowest BCUT2D eigenvalue weighted by Gasteiger charge is -2.25. The van der Waals surface area contributed by atoms with E-state index in [0.717, 1.165) is 0 Å². The first-order valence-electron chi connectivity index (χ1n) is 16.5. The van der Waals surface area contributed by atoms with Gasteiger partial charge in [-0.1, -0.05) is 163 Å². The molecule has 0 aromatic heterocycles. The maximum absolute atomic E-state index is 2.48. The molecule has 8 aromatic rings. The highest BCUT2D eigenvalue weighted by atomic mass is 14.3. The van der Waals surface area contributed by atoms with Crippen molar-refractivity contribution < 1.29 is 0 Å². The Balaban J connectivity index is 1.61. The number of hydrogen-bond donors (Lipinski definition) is 0. The SMILES string of the molecule is CC(C)(C)c1ccc2c(-c3cccc4c3ccc3ccccc34)c3cc(C(C)(C)C)ccc3c(-c3cccc4ccccc34)c2c1. The monoisotopic (exact) mass is 592 g/mol. The fourth-order valence-electron chi connectivity index (χ4n) is 7.44. The van der Waals surface area contributed by atoms with E-state index >= 15 is 0 Å². The molecule has 8 rings (SSSR count). The third-order valence-corrected chi connectivity index (χ3v) is 9.96. The Morgan fingerprint density at radius 2 is 0.739 bits per heavy atom. The van der Waals surface area contributed by atoms with E-state index in [2.05, 4.69) is 175 Å². The second kappa shape index (κ2) is 10.3. The highest BCUT2D eigenvalue weighted by Gasteiger charge is 2.24. The van der Waals surface area contributed by atoms with Crippen LogP contribution in [0.3, 0.4) is 0 Å². The predicted octanol–water partition coefficient (Wildman–Crippen LogP) is 13.4. The van der Waals surface area contributed by atoms with Crippen molar-refractivity contribution in [3.63, 3.8) is 0 Å². The number of benzene rings is 8. The molecule has 0 amide bonds. The summed E-state index contributed by atoms with van der Waals surface area (Å²) in [4.78, 5) is 0. The van der Waals surface area contributed by atoms with Crippen LogP contribution >= 0.6 is 0 Å². The second-order valence-electron chi connectivity index (χ2n) is 15.0. The van der Waals surface area contributed by atoms with Gasteiger partial charge in [-0.05, 0) is 110 Å². The molecule has 0 N–H and O–H groups in total. The first-order valence-corrected chi connectivity index (χ1v) is 16.5. The third kappa shape index (κ3) is 4.51. The summed E-state index contributed by atoms with van der Waals surface area (Å²) in [6.45, 7) is 13.9. The van der Waals surface area contributed by atoms with Crippen LogP contribution in [0.15, 0.2) is 133 Å². The van der Waals surface area contributed by atoms with Crippen molar-refractivity contribution >= 4 is 53.9 Å². The van der Waals surface area contributed by atoms with E-state index in [1.807, 2.05) is 0 Å². The zero-order valence-electron chi connectivity index (χ0n) is 27.7. The van der Waals surface area contributed by atoms with Crippen molar-refractivity contribution in [3.8, 4) is 22.3 Å². The Labute approximate surface area is 272 Å². The maximum Gasteiger partial charge on any atom is -0.00200 e. The van der Waals surface area contributed by atoms with Gasteiger partial charge in [-0.25, -0.2) is 0 Å². The molecule has 224 valence electrons. The Bertz CT molecular complexity index is 2470. The molecule has 0 aliphatic carbocycles. The van der Waals surface area contributed by atoms with E-state index in [-0.39, 0.29) is 10.8 Å². The molecule has 0 spiro atoms. The van der Waals surface area contributed by atoms with Crippen LogP contribution in [-0.2, 0) is 10.8 Å². The van der Waals surface area contributed by atoms with Gasteiger partial charge in [0.2, 0.25) is 0 Å². The number of fused-ring (bicyclic) bond motifs is 6. The molecule has 0 aliphatic heterocycles. The Kier molecular flexibility index (Phi) is 6.38. The molecule has 46 heavy (non-hydrogen) atoms. The molecular formula is C46H40. The summed E-state index contributed by atoms with van der Waals surface area (Å²) in [7, 11) is 0. The van der Waals surface area contributed by atoms with Crippen LogP contribution in [0, 0.1) is 0 Å². The van der Waals surface area contributed by atoms with Gasteiger partial charge in [0.15, 0.2) is 0 Å². The molecule has 0 atom stereocenters. The van der Waals surface area contributed by atoms with Crippen LogP contribution in [0.4, 0.5) is 0 Å². The van der Waals surface area contributed by atoms with Gasteiger partial charge < -0.3 is 0 Å². The zero-order chi connectivity index (χ0) is 31.8. The average Bonchev–Trinajstić information content (AvgIpc) is 3.05. The average molecular weight is 593 g/mol. The lowest BCUT2D eigenvalue weighted by atomic mass is 9.78. The zero-order valence-corrected chi connectivity index (χ0v) is 27.7. The van der Waals surface area contributed by atoms with Crippen molar-refractivity contribution in [1.82, 2.24) is 0 Å². The minimum Gasteiger partial charge on any atom is -0.0616 e. The van der Waals surface area contributed by atoms with Crippen molar-refractivity contribution in [3.05, 3.63) is 145 Å². The van der Waals surface area contributed by atoms with Gasteiger partial charge in [0.1, 0.15) is 0 Å². The summed E-state index contributed by atoms with van der Waals surface area (Å²) in [5, 5.41) is 13.0. The van der Waals surface area contributed by atoms with E-state index < -0.39 is 0 Å². The molecule has 0 radical (unpaired) electrons. The lowest BCUT2D eigenvalue weighted by molar-refractivity contribution is 0.590. The van der Waals surface area contributed by atoms with Crippen LogP contribution in [0.1, 0.15) is 52.7 Å². The summed E-state index contributed by atoms with van der Waals surface area (Å²) >= 11 is 0. The van der Waals surface area contributed by atoms with Crippen LogP contribution in [0.25, 0.3) is 76.1 Å². The van der Waals surface area contributed by atoms with E-state index in [9.17, 15) is 0 Å². The molecule has 0 fully saturated rings. The number of rotatable bonds is 2. The van der Waals surface area contributed by atoms with Crippen molar-refractivity contribution in [2.45, 2.75) is 52.4 Å². The van der Waals surface area contributed by atoms with Gasteiger partial charge in [-0.3, -0.25) is 0 Å². The smallest absolute Gasteiger partial charge is 0.00200 e. The topological polar surface area (TPSA) is 0 Å². The minimum atomic E-state index is 0.0189.